The van der Waals surface area contributed by atoms with Crippen molar-refractivity contribution in [3.8, 4) is 5.75 Å². The Kier molecular flexibility index (Phi) is 10.3. The number of aromatic nitrogens is 7. The number of hydrogen-bond donors (Lipinski definition) is 7. The van der Waals surface area contributed by atoms with Gasteiger partial charge in [0.1, 0.15) is 29.7 Å². The van der Waals surface area contributed by atoms with Crippen molar-refractivity contribution in [1.82, 2.24) is 45.1 Å². The van der Waals surface area contributed by atoms with Crippen LogP contribution in [0.25, 0.3) is 11.2 Å². The molecule has 3 aromatic heterocycles. The average molecular weight is 746 g/mol. The maximum atomic E-state index is 12.9. The molecule has 0 bridgehead atoms. The fourth-order valence-electron chi connectivity index (χ4n) is 7.59. The van der Waals surface area contributed by atoms with Crippen LogP contribution in [0.3, 0.4) is 0 Å². The molecule has 6 aromatic rings. The number of rotatable bonds is 12. The van der Waals surface area contributed by atoms with E-state index < -0.39 is 24.3 Å². The van der Waals surface area contributed by atoms with Gasteiger partial charge >= 0.3 is 6.03 Å². The lowest BCUT2D eigenvalue weighted by atomic mass is 9.91. The maximum Gasteiger partial charge on any atom is 0.315 e. The van der Waals surface area contributed by atoms with E-state index in [4.69, 9.17) is 15.0 Å². The molecule has 0 unspecified atom stereocenters. The monoisotopic (exact) mass is 745 g/mol. The van der Waals surface area contributed by atoms with E-state index in [0.717, 1.165) is 16.7 Å². The van der Waals surface area contributed by atoms with E-state index in [1.165, 1.54) is 11.0 Å². The van der Waals surface area contributed by atoms with Crippen molar-refractivity contribution in [3.63, 3.8) is 0 Å². The zero-order valence-corrected chi connectivity index (χ0v) is 29.9. The van der Waals surface area contributed by atoms with Crippen molar-refractivity contribution in [1.29, 1.82) is 0 Å². The number of imidazole rings is 1. The molecule has 2 amide bonds. The summed E-state index contributed by atoms with van der Waals surface area (Å²) in [7, 11) is 0. The molecule has 3 aromatic carbocycles. The maximum absolute atomic E-state index is 12.9. The summed E-state index contributed by atoms with van der Waals surface area (Å²) in [6, 6.07) is 25.5. The van der Waals surface area contributed by atoms with Crippen LogP contribution < -0.4 is 20.9 Å². The normalized spacial score (nSPS) is 21.0. The fourth-order valence-corrected chi connectivity index (χ4v) is 7.59. The first kappa shape index (κ1) is 35.9. The number of aliphatic hydroxyl groups excluding tert-OH is 3. The quantitative estimate of drug-likeness (QED) is 0.0965. The second-order valence-electron chi connectivity index (χ2n) is 14.0. The van der Waals surface area contributed by atoms with Gasteiger partial charge < -0.3 is 45.8 Å². The van der Waals surface area contributed by atoms with Crippen molar-refractivity contribution in [2.24, 2.45) is 0 Å². The standard InChI is InChI=1S/C39H43N11O5/c51-22-28-19-43-50(47-28)32-17-31(34(53)35(32)54)49-23-42-33-36(40-20-30(25-9-3-1-4-10-25)26-11-5-2-6-12-26)45-38(46-37(33)49)48-15-14-27(21-48)44-39(55)41-18-24-8-7-13-29(52)16-24/h1-13,16,19,23,27,30-32,34-35,51-54H,14-15,17-18,20-22H2,(H,40,45,46)(H2,41,44,55)/t27-,31-,32+,34+,35-/m1/s1. The number of nitrogens with one attached hydrogen (secondary N) is 3. The Morgan fingerprint density at radius 2 is 1.67 bits per heavy atom. The van der Waals surface area contributed by atoms with Gasteiger partial charge in [-0.3, -0.25) is 0 Å². The lowest BCUT2D eigenvalue weighted by Gasteiger charge is -2.22. The summed E-state index contributed by atoms with van der Waals surface area (Å²) >= 11 is 0. The highest BCUT2D eigenvalue weighted by atomic mass is 16.3. The molecule has 55 heavy (non-hydrogen) atoms. The van der Waals surface area contributed by atoms with Gasteiger partial charge in [0.05, 0.1) is 25.2 Å². The molecule has 2 fully saturated rings. The molecule has 1 aliphatic carbocycles. The molecule has 1 saturated carbocycles. The van der Waals surface area contributed by atoms with Gasteiger partial charge in [-0.05, 0) is 41.7 Å². The number of phenols is 1. The van der Waals surface area contributed by atoms with Gasteiger partial charge in [-0.25, -0.2) is 9.78 Å². The zero-order valence-electron chi connectivity index (χ0n) is 29.9. The third-order valence-electron chi connectivity index (χ3n) is 10.5. The summed E-state index contributed by atoms with van der Waals surface area (Å²) in [5.41, 5.74) is 4.41. The largest absolute Gasteiger partial charge is 0.508 e. The van der Waals surface area contributed by atoms with Crippen LogP contribution >= 0.6 is 0 Å². The second kappa shape index (κ2) is 15.7. The molecule has 1 saturated heterocycles. The predicted octanol–water partition coefficient (Wildman–Crippen LogP) is 2.85. The first-order chi connectivity index (χ1) is 26.8. The number of phenolic OH excluding ortho intramolecular Hbond substituents is 1. The Morgan fingerprint density at radius 3 is 2.38 bits per heavy atom. The van der Waals surface area contributed by atoms with E-state index in [-0.39, 0.29) is 43.3 Å². The molecule has 16 heteroatoms. The summed E-state index contributed by atoms with van der Waals surface area (Å²) in [6.45, 7) is 1.52. The topological polar surface area (TPSA) is 212 Å². The number of carbonyl (C=O) groups excluding carboxylic acids is 1. The number of hydrogen-bond acceptors (Lipinski definition) is 12. The Balaban J connectivity index is 1.07. The smallest absolute Gasteiger partial charge is 0.315 e. The molecule has 1 aliphatic heterocycles. The van der Waals surface area contributed by atoms with Crippen LogP contribution in [-0.4, -0.2) is 98.9 Å². The van der Waals surface area contributed by atoms with Crippen molar-refractivity contribution in [2.75, 3.05) is 29.9 Å². The highest BCUT2D eigenvalue weighted by Gasteiger charge is 2.45. The number of carbonyl (C=O) groups is 1. The lowest BCUT2D eigenvalue weighted by molar-refractivity contribution is 0.00491. The third-order valence-corrected chi connectivity index (χ3v) is 10.5. The molecule has 0 spiro atoms. The first-order valence-electron chi connectivity index (χ1n) is 18.4. The summed E-state index contributed by atoms with van der Waals surface area (Å²) in [4.78, 5) is 31.0. The number of nitrogens with zero attached hydrogens (tertiary/aromatic N) is 8. The van der Waals surface area contributed by atoms with Gasteiger partial charge in [0.15, 0.2) is 17.0 Å². The van der Waals surface area contributed by atoms with E-state index in [2.05, 4.69) is 50.4 Å². The van der Waals surface area contributed by atoms with Crippen molar-refractivity contribution in [3.05, 3.63) is 120 Å². The van der Waals surface area contributed by atoms with E-state index in [9.17, 15) is 25.2 Å². The van der Waals surface area contributed by atoms with Gasteiger partial charge in [0.25, 0.3) is 0 Å². The van der Waals surface area contributed by atoms with Crippen LogP contribution in [-0.2, 0) is 13.2 Å². The highest BCUT2D eigenvalue weighted by Crippen LogP contribution is 2.40. The van der Waals surface area contributed by atoms with Crippen LogP contribution in [0.4, 0.5) is 16.6 Å². The van der Waals surface area contributed by atoms with E-state index >= 15 is 0 Å². The molecule has 5 atom stereocenters. The summed E-state index contributed by atoms with van der Waals surface area (Å²) in [5, 5.41) is 59.8. The van der Waals surface area contributed by atoms with Crippen molar-refractivity contribution >= 4 is 29.0 Å². The first-order valence-corrected chi connectivity index (χ1v) is 18.4. The van der Waals surface area contributed by atoms with Crippen LogP contribution in [0.5, 0.6) is 5.75 Å². The SMILES string of the molecule is O=C(NCc1cccc(O)c1)N[C@@H]1CCN(c2nc(NCC(c3ccccc3)c3ccccc3)c3ncn([C@@H]4C[C@H](n5ncc(CO)n5)[C@@H](O)[C@H]4O)c3n2)C1. The van der Waals surface area contributed by atoms with Crippen LogP contribution in [0.2, 0.25) is 0 Å². The van der Waals surface area contributed by atoms with Crippen LogP contribution in [0.1, 0.15) is 53.2 Å². The number of benzene rings is 3. The van der Waals surface area contributed by atoms with Crippen LogP contribution in [0.15, 0.2) is 97.5 Å². The summed E-state index contributed by atoms with van der Waals surface area (Å²) in [6.07, 6.45) is 1.64. The number of amides is 2. The second-order valence-corrected chi connectivity index (χ2v) is 14.0. The van der Waals surface area contributed by atoms with Gasteiger partial charge in [0, 0.05) is 38.1 Å². The van der Waals surface area contributed by atoms with E-state index in [0.29, 0.717) is 54.7 Å². The van der Waals surface area contributed by atoms with E-state index in [1.807, 2.05) is 47.4 Å². The number of aromatic hydroxyl groups is 1. The molecule has 16 nitrogen and oxygen atoms in total. The Morgan fingerprint density at radius 1 is 0.927 bits per heavy atom. The molecule has 8 rings (SSSR count). The van der Waals surface area contributed by atoms with Gasteiger partial charge in [-0.1, -0.05) is 72.8 Å². The number of aliphatic hydroxyl groups is 3. The molecule has 0 radical (unpaired) electrons. The minimum Gasteiger partial charge on any atom is -0.508 e. The van der Waals surface area contributed by atoms with Gasteiger partial charge in [0.2, 0.25) is 5.95 Å². The van der Waals surface area contributed by atoms with Crippen molar-refractivity contribution in [2.45, 2.75) is 62.2 Å². The summed E-state index contributed by atoms with van der Waals surface area (Å²) in [5.74, 6) is 1.08. The molecular formula is C39H43N11O5. The predicted molar refractivity (Wildman–Crippen MR) is 203 cm³/mol. The van der Waals surface area contributed by atoms with Gasteiger partial charge in [-0.2, -0.15) is 25.0 Å². The van der Waals surface area contributed by atoms with Crippen molar-refractivity contribution < 1.29 is 25.2 Å². The minimum atomic E-state index is -1.18. The number of fused-ring (bicyclic) bond motifs is 1. The molecule has 7 N–H and O–H groups in total. The van der Waals surface area contributed by atoms with Gasteiger partial charge in [-0.15, -0.1) is 0 Å². The number of urea groups is 1. The summed E-state index contributed by atoms with van der Waals surface area (Å²) < 4.78 is 1.78. The fraction of sp³-hybridized carbons (Fsp3) is 0.333. The highest BCUT2D eigenvalue weighted by molar-refractivity contribution is 5.84. The molecular weight excluding hydrogens is 703 g/mol. The Labute approximate surface area is 316 Å². The van der Waals surface area contributed by atoms with E-state index in [1.54, 1.807) is 29.1 Å². The average Bonchev–Trinajstić information content (AvgIpc) is 4.02. The Hall–Kier alpha value is -6.10. The van der Waals surface area contributed by atoms with Crippen LogP contribution in [0, 0.1) is 0 Å². The zero-order chi connectivity index (χ0) is 37.9. The lowest BCUT2D eigenvalue weighted by Crippen LogP contribution is -2.43. The molecule has 284 valence electrons. The number of anilines is 2. The molecule has 4 heterocycles. The Bertz CT molecular complexity index is 2190. The minimum absolute atomic E-state index is 0.00498. The third kappa shape index (κ3) is 7.64. The molecule has 2 aliphatic rings.